The molecule has 0 bridgehead atoms. The maximum absolute atomic E-state index is 2.62. The Bertz CT molecular complexity index is 274. The van der Waals surface area contributed by atoms with E-state index in [2.05, 4.69) is 55.5 Å². The van der Waals surface area contributed by atoms with Crippen molar-refractivity contribution in [2.45, 2.75) is 51.3 Å². The van der Waals surface area contributed by atoms with E-state index in [4.69, 9.17) is 0 Å². The third-order valence-corrected chi connectivity index (χ3v) is 5.88. The van der Waals surface area contributed by atoms with E-state index in [1.165, 1.54) is 45.6 Å². The molecular weight excluding hydrogens is 240 g/mol. The second-order valence-corrected chi connectivity index (χ2v) is 8.64. The van der Waals surface area contributed by atoms with E-state index in [-0.39, 0.29) is 0 Å². The van der Waals surface area contributed by atoms with Gasteiger partial charge in [0.05, 0.1) is 0 Å². The molecule has 0 aromatic carbocycles. The van der Waals surface area contributed by atoms with Crippen LogP contribution in [0.15, 0.2) is 0 Å². The van der Waals surface area contributed by atoms with Gasteiger partial charge in [0.25, 0.3) is 0 Å². The van der Waals surface area contributed by atoms with Gasteiger partial charge in [-0.15, -0.1) is 0 Å². The van der Waals surface area contributed by atoms with Crippen LogP contribution in [-0.4, -0.2) is 59.6 Å². The first-order chi connectivity index (χ1) is 8.36. The van der Waals surface area contributed by atoms with Crippen molar-refractivity contribution in [3.8, 4) is 0 Å². The molecule has 0 aromatic heterocycles. The van der Waals surface area contributed by atoms with Crippen LogP contribution in [0.25, 0.3) is 0 Å². The maximum atomic E-state index is 2.62. The van der Waals surface area contributed by atoms with E-state index in [1.54, 1.807) is 0 Å². The zero-order valence-electron chi connectivity index (χ0n) is 12.8. The van der Waals surface area contributed by atoms with E-state index in [1.807, 2.05) is 0 Å². The lowest BCUT2D eigenvalue weighted by molar-refractivity contribution is 0.0252. The van der Waals surface area contributed by atoms with E-state index in [9.17, 15) is 0 Å². The number of hydrogen-bond donors (Lipinski definition) is 0. The molecule has 3 heteroatoms. The number of likely N-dealkylation sites (tertiary alicyclic amines) is 2. The SMILES string of the molecule is CSC1(CCCN2CC(C)(C)C2)CN(C(C)C)C1. The van der Waals surface area contributed by atoms with Crippen molar-refractivity contribution in [1.82, 2.24) is 9.80 Å². The van der Waals surface area contributed by atoms with Gasteiger partial charge in [0.15, 0.2) is 0 Å². The molecule has 0 atom stereocenters. The Morgan fingerprint density at radius 1 is 1.11 bits per heavy atom. The summed E-state index contributed by atoms with van der Waals surface area (Å²) in [5.74, 6) is 0. The zero-order valence-corrected chi connectivity index (χ0v) is 13.6. The molecule has 2 heterocycles. The molecule has 2 nitrogen and oxygen atoms in total. The summed E-state index contributed by atoms with van der Waals surface area (Å²) in [6, 6.07) is 0.724. The minimum atomic E-state index is 0.574. The summed E-state index contributed by atoms with van der Waals surface area (Å²) < 4.78 is 0.574. The van der Waals surface area contributed by atoms with Gasteiger partial charge in [0, 0.05) is 37.0 Å². The highest BCUT2D eigenvalue weighted by atomic mass is 32.2. The monoisotopic (exact) mass is 270 g/mol. The van der Waals surface area contributed by atoms with Crippen molar-refractivity contribution < 1.29 is 0 Å². The Morgan fingerprint density at radius 2 is 1.72 bits per heavy atom. The van der Waals surface area contributed by atoms with Crippen LogP contribution in [0.1, 0.15) is 40.5 Å². The summed E-state index contributed by atoms with van der Waals surface area (Å²) in [5, 5.41) is 0. The van der Waals surface area contributed by atoms with Gasteiger partial charge in [-0.3, -0.25) is 4.90 Å². The van der Waals surface area contributed by atoms with Crippen LogP contribution >= 0.6 is 11.8 Å². The first kappa shape index (κ1) is 14.7. The Labute approximate surface area is 117 Å². The zero-order chi connectivity index (χ0) is 13.4. The lowest BCUT2D eigenvalue weighted by Gasteiger charge is -2.52. The van der Waals surface area contributed by atoms with Crippen molar-refractivity contribution in [2.24, 2.45) is 5.41 Å². The van der Waals surface area contributed by atoms with E-state index < -0.39 is 0 Å². The van der Waals surface area contributed by atoms with Gasteiger partial charge in [-0.2, -0.15) is 11.8 Å². The molecule has 0 N–H and O–H groups in total. The lowest BCUT2D eigenvalue weighted by Crippen LogP contribution is -2.61. The van der Waals surface area contributed by atoms with Crippen molar-refractivity contribution in [1.29, 1.82) is 0 Å². The Kier molecular flexibility index (Phi) is 4.35. The highest BCUT2D eigenvalue weighted by molar-refractivity contribution is 8.00. The molecule has 2 fully saturated rings. The number of thioether (sulfide) groups is 1. The summed E-state index contributed by atoms with van der Waals surface area (Å²) in [4.78, 5) is 5.22. The van der Waals surface area contributed by atoms with E-state index in [0.29, 0.717) is 10.2 Å². The molecule has 0 saturated carbocycles. The van der Waals surface area contributed by atoms with Gasteiger partial charge in [0.1, 0.15) is 0 Å². The van der Waals surface area contributed by atoms with Crippen LogP contribution in [0.2, 0.25) is 0 Å². The number of hydrogen-bond acceptors (Lipinski definition) is 3. The molecule has 18 heavy (non-hydrogen) atoms. The van der Waals surface area contributed by atoms with Crippen LogP contribution in [0, 0.1) is 5.41 Å². The largest absolute Gasteiger partial charge is 0.302 e. The second kappa shape index (κ2) is 5.34. The fourth-order valence-electron chi connectivity index (χ4n) is 3.40. The topological polar surface area (TPSA) is 6.48 Å². The molecule has 2 saturated heterocycles. The average molecular weight is 270 g/mol. The predicted octanol–water partition coefficient (Wildman–Crippen LogP) is 2.93. The smallest absolute Gasteiger partial charge is 0.0411 e. The Morgan fingerprint density at radius 3 is 2.17 bits per heavy atom. The van der Waals surface area contributed by atoms with Gasteiger partial charge < -0.3 is 4.90 Å². The van der Waals surface area contributed by atoms with Crippen molar-refractivity contribution in [3.05, 3.63) is 0 Å². The van der Waals surface area contributed by atoms with Crippen LogP contribution in [0.3, 0.4) is 0 Å². The molecule has 106 valence electrons. The fourth-order valence-corrected chi connectivity index (χ4v) is 4.33. The second-order valence-electron chi connectivity index (χ2n) is 7.36. The minimum Gasteiger partial charge on any atom is -0.302 e. The summed E-state index contributed by atoms with van der Waals surface area (Å²) in [5.41, 5.74) is 0.585. The normalized spacial score (nSPS) is 27.0. The Hall–Kier alpha value is 0.270. The minimum absolute atomic E-state index is 0.574. The summed E-state index contributed by atoms with van der Waals surface area (Å²) >= 11 is 2.10. The number of nitrogens with zero attached hydrogens (tertiary/aromatic N) is 2. The number of rotatable bonds is 6. The molecule has 0 aromatic rings. The fraction of sp³-hybridized carbons (Fsp3) is 1.00. The molecule has 2 aliphatic heterocycles. The highest BCUT2D eigenvalue weighted by Gasteiger charge is 2.43. The van der Waals surface area contributed by atoms with Crippen LogP contribution in [-0.2, 0) is 0 Å². The first-order valence-corrected chi connectivity index (χ1v) is 8.60. The summed E-state index contributed by atoms with van der Waals surface area (Å²) in [6.45, 7) is 15.9. The van der Waals surface area contributed by atoms with Gasteiger partial charge in [-0.1, -0.05) is 13.8 Å². The van der Waals surface area contributed by atoms with E-state index in [0.717, 1.165) is 6.04 Å². The Balaban J connectivity index is 1.64. The molecule has 0 radical (unpaired) electrons. The van der Waals surface area contributed by atoms with Gasteiger partial charge >= 0.3 is 0 Å². The third kappa shape index (κ3) is 3.23. The van der Waals surface area contributed by atoms with Crippen LogP contribution in [0.4, 0.5) is 0 Å². The maximum Gasteiger partial charge on any atom is 0.0411 e. The van der Waals surface area contributed by atoms with Crippen molar-refractivity contribution >= 4 is 11.8 Å². The summed E-state index contributed by atoms with van der Waals surface area (Å²) in [7, 11) is 0. The van der Waals surface area contributed by atoms with Gasteiger partial charge in [-0.05, 0) is 44.9 Å². The standard InChI is InChI=1S/C15H30N2S/c1-13(2)17-11-15(12-17,18-5)7-6-8-16-9-14(3,4)10-16/h13H,6-12H2,1-5H3. The van der Waals surface area contributed by atoms with Gasteiger partial charge in [0.2, 0.25) is 0 Å². The molecule has 0 amide bonds. The predicted molar refractivity (Wildman–Crippen MR) is 82.4 cm³/mol. The quantitative estimate of drug-likeness (QED) is 0.733. The highest BCUT2D eigenvalue weighted by Crippen LogP contribution is 2.39. The molecule has 2 rings (SSSR count). The third-order valence-electron chi connectivity index (χ3n) is 4.56. The molecular formula is C15H30N2S. The van der Waals surface area contributed by atoms with Crippen LogP contribution in [0.5, 0.6) is 0 Å². The first-order valence-electron chi connectivity index (χ1n) is 7.37. The summed E-state index contributed by atoms with van der Waals surface area (Å²) in [6.07, 6.45) is 5.07. The lowest BCUT2D eigenvalue weighted by atomic mass is 9.84. The van der Waals surface area contributed by atoms with E-state index >= 15 is 0 Å². The molecule has 0 spiro atoms. The van der Waals surface area contributed by atoms with Gasteiger partial charge in [-0.25, -0.2) is 0 Å². The van der Waals surface area contributed by atoms with Crippen molar-refractivity contribution in [3.63, 3.8) is 0 Å². The average Bonchev–Trinajstić information content (AvgIpc) is 2.18. The van der Waals surface area contributed by atoms with Crippen molar-refractivity contribution in [2.75, 3.05) is 39.0 Å². The molecule has 0 aliphatic carbocycles. The van der Waals surface area contributed by atoms with Crippen LogP contribution < -0.4 is 0 Å². The molecule has 0 unspecified atom stereocenters. The molecule has 2 aliphatic rings.